The number of benzene rings is 3. The number of Topliss-reactive ketones (excluding diaryl/α,β-unsaturated/α-hetero) is 1. The second-order valence-electron chi connectivity index (χ2n) is 8.09. The Balaban J connectivity index is 2.04. The highest BCUT2D eigenvalue weighted by Gasteiger charge is 2.33. The number of ketones is 1. The molecule has 0 radical (unpaired) electrons. The molecular weight excluding hydrogens is 406 g/mol. The Bertz CT molecular complexity index is 1090. The van der Waals surface area contributed by atoms with Crippen LogP contribution in [0.15, 0.2) is 78.9 Å². The molecule has 0 amide bonds. The Labute approximate surface area is 186 Å². The Morgan fingerprint density at radius 3 is 1.88 bits per heavy atom. The maximum absolute atomic E-state index is 13.0. The van der Waals surface area contributed by atoms with Crippen LogP contribution in [0.25, 0.3) is 0 Å². The third-order valence-corrected chi connectivity index (χ3v) is 5.66. The molecule has 3 rings (SSSR count). The molecule has 164 valence electrons. The van der Waals surface area contributed by atoms with Crippen LogP contribution < -0.4 is 0 Å². The summed E-state index contributed by atoms with van der Waals surface area (Å²) in [5, 5.41) is 21.1. The SMILES string of the molecule is CC(C)c1ccc([C@@H](CC(=O)c2ccccc2)[C@H](C(=O)O)c2ccc([N+](=O)[O-])cc2)cc1. The van der Waals surface area contributed by atoms with Crippen LogP contribution in [0.3, 0.4) is 0 Å². The number of carboxylic acid groups (broad SMARTS) is 1. The molecule has 0 heterocycles. The van der Waals surface area contributed by atoms with Crippen molar-refractivity contribution in [2.24, 2.45) is 0 Å². The van der Waals surface area contributed by atoms with Gasteiger partial charge in [-0.1, -0.05) is 80.6 Å². The van der Waals surface area contributed by atoms with Gasteiger partial charge in [0.15, 0.2) is 5.78 Å². The maximum atomic E-state index is 13.0. The van der Waals surface area contributed by atoms with Crippen molar-refractivity contribution in [3.63, 3.8) is 0 Å². The molecule has 0 fully saturated rings. The van der Waals surface area contributed by atoms with Gasteiger partial charge in [0, 0.05) is 30.0 Å². The van der Waals surface area contributed by atoms with E-state index < -0.39 is 22.7 Å². The summed E-state index contributed by atoms with van der Waals surface area (Å²) in [6, 6.07) is 21.9. The summed E-state index contributed by atoms with van der Waals surface area (Å²) in [6.07, 6.45) is -0.000999. The molecule has 0 aliphatic carbocycles. The summed E-state index contributed by atoms with van der Waals surface area (Å²) in [6.45, 7) is 4.14. The number of carbonyl (C=O) groups is 2. The number of nitro benzene ring substituents is 1. The Kier molecular flexibility index (Phi) is 7.15. The van der Waals surface area contributed by atoms with Gasteiger partial charge in [-0.05, 0) is 22.6 Å². The van der Waals surface area contributed by atoms with Crippen LogP contribution in [0, 0.1) is 10.1 Å². The van der Waals surface area contributed by atoms with E-state index in [1.54, 1.807) is 24.3 Å². The first-order valence-electron chi connectivity index (χ1n) is 10.4. The van der Waals surface area contributed by atoms with Crippen LogP contribution in [0.1, 0.15) is 65.1 Å². The molecular formula is C26H25NO5. The van der Waals surface area contributed by atoms with E-state index in [9.17, 15) is 24.8 Å². The van der Waals surface area contributed by atoms with Crippen LogP contribution in [-0.4, -0.2) is 21.8 Å². The summed E-state index contributed by atoms with van der Waals surface area (Å²) in [7, 11) is 0. The molecule has 0 unspecified atom stereocenters. The van der Waals surface area contributed by atoms with E-state index in [2.05, 4.69) is 13.8 Å². The number of non-ortho nitro benzene ring substituents is 1. The predicted molar refractivity (Wildman–Crippen MR) is 122 cm³/mol. The molecule has 2 atom stereocenters. The summed E-state index contributed by atoms with van der Waals surface area (Å²) in [4.78, 5) is 35.9. The van der Waals surface area contributed by atoms with Gasteiger partial charge in [0.05, 0.1) is 10.8 Å². The first kappa shape index (κ1) is 22.9. The summed E-state index contributed by atoms with van der Waals surface area (Å²) >= 11 is 0. The minimum atomic E-state index is -1.09. The van der Waals surface area contributed by atoms with Crippen molar-refractivity contribution in [1.82, 2.24) is 0 Å². The lowest BCUT2D eigenvalue weighted by Crippen LogP contribution is -2.23. The Hall–Kier alpha value is -3.80. The van der Waals surface area contributed by atoms with Gasteiger partial charge in [0.25, 0.3) is 5.69 Å². The van der Waals surface area contributed by atoms with Crippen LogP contribution in [-0.2, 0) is 4.79 Å². The predicted octanol–water partition coefficient (Wildman–Crippen LogP) is 5.94. The van der Waals surface area contributed by atoms with Gasteiger partial charge >= 0.3 is 5.97 Å². The van der Waals surface area contributed by atoms with Gasteiger partial charge in [-0.2, -0.15) is 0 Å². The Morgan fingerprint density at radius 2 is 1.38 bits per heavy atom. The zero-order valence-corrected chi connectivity index (χ0v) is 18.0. The average Bonchev–Trinajstić information content (AvgIpc) is 2.79. The van der Waals surface area contributed by atoms with Crippen molar-refractivity contribution in [3.8, 4) is 0 Å². The normalized spacial score (nSPS) is 12.8. The van der Waals surface area contributed by atoms with E-state index in [0.29, 0.717) is 17.0 Å². The fourth-order valence-electron chi connectivity index (χ4n) is 3.85. The largest absolute Gasteiger partial charge is 0.481 e. The van der Waals surface area contributed by atoms with Crippen molar-refractivity contribution in [1.29, 1.82) is 0 Å². The van der Waals surface area contributed by atoms with Crippen LogP contribution in [0.4, 0.5) is 5.69 Å². The van der Waals surface area contributed by atoms with E-state index in [0.717, 1.165) is 11.1 Å². The number of nitro groups is 1. The fraction of sp³-hybridized carbons (Fsp3) is 0.231. The third-order valence-electron chi connectivity index (χ3n) is 5.66. The van der Waals surface area contributed by atoms with E-state index in [1.165, 1.54) is 24.3 Å². The third kappa shape index (κ3) is 5.27. The van der Waals surface area contributed by atoms with Crippen molar-refractivity contribution in [2.75, 3.05) is 0 Å². The molecule has 3 aromatic carbocycles. The molecule has 32 heavy (non-hydrogen) atoms. The van der Waals surface area contributed by atoms with E-state index in [-0.39, 0.29) is 17.9 Å². The van der Waals surface area contributed by atoms with Crippen LogP contribution in [0.2, 0.25) is 0 Å². The molecule has 0 aliphatic rings. The number of nitrogens with zero attached hydrogens (tertiary/aromatic N) is 1. The number of aliphatic carboxylic acids is 1. The fourth-order valence-corrected chi connectivity index (χ4v) is 3.85. The van der Waals surface area contributed by atoms with Gasteiger partial charge in [0.1, 0.15) is 0 Å². The van der Waals surface area contributed by atoms with Gasteiger partial charge < -0.3 is 5.11 Å². The minimum absolute atomic E-state index is 0.000999. The molecule has 0 saturated carbocycles. The number of rotatable bonds is 9. The van der Waals surface area contributed by atoms with Crippen molar-refractivity contribution in [2.45, 2.75) is 38.0 Å². The van der Waals surface area contributed by atoms with Crippen molar-refractivity contribution < 1.29 is 19.6 Å². The number of hydrogen-bond donors (Lipinski definition) is 1. The lowest BCUT2D eigenvalue weighted by atomic mass is 9.77. The molecule has 1 N–H and O–H groups in total. The van der Waals surface area contributed by atoms with Gasteiger partial charge in [-0.25, -0.2) is 0 Å². The zero-order chi connectivity index (χ0) is 23.3. The van der Waals surface area contributed by atoms with E-state index in [1.807, 2.05) is 30.3 Å². The summed E-state index contributed by atoms with van der Waals surface area (Å²) in [5.41, 5.74) is 2.68. The molecule has 6 heteroatoms. The quantitative estimate of drug-likeness (QED) is 0.257. The average molecular weight is 431 g/mol. The zero-order valence-electron chi connectivity index (χ0n) is 18.0. The first-order chi connectivity index (χ1) is 15.3. The highest BCUT2D eigenvalue weighted by atomic mass is 16.6. The first-order valence-corrected chi connectivity index (χ1v) is 10.4. The molecule has 3 aromatic rings. The molecule has 0 bridgehead atoms. The highest BCUT2D eigenvalue weighted by Crippen LogP contribution is 2.38. The number of hydrogen-bond acceptors (Lipinski definition) is 4. The molecule has 0 saturated heterocycles. The molecule has 0 aromatic heterocycles. The summed E-state index contributed by atoms with van der Waals surface area (Å²) < 4.78 is 0. The molecule has 6 nitrogen and oxygen atoms in total. The minimum Gasteiger partial charge on any atom is -0.481 e. The molecule has 0 spiro atoms. The second kappa shape index (κ2) is 10.0. The van der Waals surface area contributed by atoms with Gasteiger partial charge in [-0.3, -0.25) is 19.7 Å². The maximum Gasteiger partial charge on any atom is 0.311 e. The van der Waals surface area contributed by atoms with Crippen molar-refractivity contribution >= 4 is 17.4 Å². The van der Waals surface area contributed by atoms with E-state index in [4.69, 9.17) is 0 Å². The smallest absolute Gasteiger partial charge is 0.311 e. The summed E-state index contributed by atoms with van der Waals surface area (Å²) in [5.74, 6) is -2.59. The standard InChI is InChI=1S/C26H25NO5/c1-17(2)18-8-10-19(11-9-18)23(16-24(28)20-6-4-3-5-7-20)25(26(29)30)21-12-14-22(15-13-21)27(31)32/h3-15,17,23,25H,16H2,1-2H3,(H,29,30)/t23-,25-/m1/s1. The van der Waals surface area contributed by atoms with Crippen LogP contribution >= 0.6 is 0 Å². The molecule has 0 aliphatic heterocycles. The van der Waals surface area contributed by atoms with Crippen molar-refractivity contribution in [3.05, 3.63) is 111 Å². The highest BCUT2D eigenvalue weighted by molar-refractivity contribution is 5.97. The van der Waals surface area contributed by atoms with Gasteiger partial charge in [0.2, 0.25) is 0 Å². The second-order valence-corrected chi connectivity index (χ2v) is 8.09. The lowest BCUT2D eigenvalue weighted by Gasteiger charge is -2.25. The van der Waals surface area contributed by atoms with Gasteiger partial charge in [-0.15, -0.1) is 0 Å². The Morgan fingerprint density at radius 1 is 0.844 bits per heavy atom. The monoisotopic (exact) mass is 431 g/mol. The van der Waals surface area contributed by atoms with E-state index >= 15 is 0 Å². The topological polar surface area (TPSA) is 97.5 Å². The van der Waals surface area contributed by atoms with Crippen LogP contribution in [0.5, 0.6) is 0 Å². The number of carbonyl (C=O) groups excluding carboxylic acids is 1. The number of carboxylic acids is 1. The lowest BCUT2D eigenvalue weighted by molar-refractivity contribution is -0.384.